The highest BCUT2D eigenvalue weighted by Gasteiger charge is 2.22. The normalized spacial score (nSPS) is 10.5. The molecule has 0 heterocycles. The van der Waals surface area contributed by atoms with Crippen LogP contribution in [0.25, 0.3) is 0 Å². The Bertz CT molecular complexity index is 875. The van der Waals surface area contributed by atoms with E-state index in [2.05, 4.69) is 5.32 Å². The van der Waals surface area contributed by atoms with E-state index in [1.807, 2.05) is 0 Å². The average Bonchev–Trinajstić information content (AvgIpc) is 2.59. The van der Waals surface area contributed by atoms with Crippen molar-refractivity contribution in [3.63, 3.8) is 0 Å². The third-order valence-electron chi connectivity index (χ3n) is 3.14. The van der Waals surface area contributed by atoms with Crippen molar-refractivity contribution in [3.8, 4) is 5.75 Å². The second-order valence-corrected chi connectivity index (χ2v) is 6.90. The molecule has 0 atom stereocenters. The Balaban J connectivity index is 2.18. The molecule has 0 aromatic heterocycles. The van der Waals surface area contributed by atoms with Gasteiger partial charge in [0.15, 0.2) is 12.4 Å². The van der Waals surface area contributed by atoms with Crippen LogP contribution in [0.5, 0.6) is 5.75 Å². The number of nitrogens with zero attached hydrogens (tertiary/aromatic N) is 1. The molecule has 26 heavy (non-hydrogen) atoms. The molecule has 6 nitrogen and oxygen atoms in total. The molecule has 0 aliphatic rings. The molecule has 0 aliphatic carbocycles. The van der Waals surface area contributed by atoms with E-state index in [1.165, 1.54) is 12.1 Å². The van der Waals surface area contributed by atoms with Crippen molar-refractivity contribution in [2.45, 2.75) is 6.92 Å². The molecule has 0 radical (unpaired) electrons. The highest BCUT2D eigenvalue weighted by Crippen LogP contribution is 2.48. The molecule has 2 rings (SSSR count). The molecule has 1 amide bonds. The van der Waals surface area contributed by atoms with Gasteiger partial charge in [0, 0.05) is 6.07 Å². The summed E-state index contributed by atoms with van der Waals surface area (Å²) < 4.78 is 5.27. The van der Waals surface area contributed by atoms with Crippen molar-refractivity contribution in [3.05, 3.63) is 59.0 Å². The number of hydrogen-bond donors (Lipinski definition) is 1. The lowest BCUT2D eigenvalue weighted by molar-refractivity contribution is -0.384. The number of carbonyl (C=O) groups is 1. The molecule has 2 aromatic rings. The van der Waals surface area contributed by atoms with Gasteiger partial charge in [0.25, 0.3) is 11.6 Å². The van der Waals surface area contributed by atoms with Crippen molar-refractivity contribution >= 4 is 75.3 Å². The minimum absolute atomic E-state index is 0.0264. The molecule has 2 aromatic carbocycles. The maximum Gasteiger partial charge on any atom is 0.293 e. The fourth-order valence-corrected chi connectivity index (χ4v) is 3.16. The number of nitro groups is 1. The fourth-order valence-electron chi connectivity index (χ4n) is 1.93. The topological polar surface area (TPSA) is 81.5 Å². The van der Waals surface area contributed by atoms with Crippen LogP contribution in [0.4, 0.5) is 11.4 Å². The Kier molecular flexibility index (Phi) is 6.82. The summed E-state index contributed by atoms with van der Waals surface area (Å²) in [6, 6.07) is 4.38. The van der Waals surface area contributed by atoms with Crippen LogP contribution in [0.1, 0.15) is 5.56 Å². The van der Waals surface area contributed by atoms with Gasteiger partial charge in [-0.15, -0.1) is 0 Å². The molecule has 0 saturated carbocycles. The van der Waals surface area contributed by atoms with E-state index < -0.39 is 17.4 Å². The lowest BCUT2D eigenvalue weighted by Crippen LogP contribution is -2.21. The fraction of sp³-hybridized carbons (Fsp3) is 0.133. The molecule has 0 unspecified atom stereocenters. The van der Waals surface area contributed by atoms with Gasteiger partial charge in [-0.2, -0.15) is 0 Å². The molecule has 0 spiro atoms. The van der Waals surface area contributed by atoms with Crippen LogP contribution >= 0.6 is 58.0 Å². The summed E-state index contributed by atoms with van der Waals surface area (Å²) in [5.74, 6) is -0.799. The van der Waals surface area contributed by atoms with Crippen LogP contribution in [0.2, 0.25) is 25.1 Å². The molecule has 0 fully saturated rings. The van der Waals surface area contributed by atoms with Crippen molar-refractivity contribution < 1.29 is 14.5 Å². The molecule has 0 aliphatic heterocycles. The van der Waals surface area contributed by atoms with Gasteiger partial charge in [-0.1, -0.05) is 64.1 Å². The van der Waals surface area contributed by atoms with Crippen LogP contribution in [0.15, 0.2) is 18.2 Å². The third kappa shape index (κ3) is 4.45. The number of amides is 1. The second kappa shape index (κ2) is 8.50. The van der Waals surface area contributed by atoms with Gasteiger partial charge in [0.1, 0.15) is 15.7 Å². The largest absolute Gasteiger partial charge is 0.481 e. The van der Waals surface area contributed by atoms with Crippen LogP contribution in [-0.4, -0.2) is 17.4 Å². The van der Waals surface area contributed by atoms with Crippen LogP contribution in [-0.2, 0) is 4.79 Å². The number of aryl methyl sites for hydroxylation is 1. The molecule has 0 bridgehead atoms. The lowest BCUT2D eigenvalue weighted by Gasteiger charge is -2.13. The number of nitrogens with one attached hydrogen (secondary N) is 1. The first kappa shape index (κ1) is 20.9. The van der Waals surface area contributed by atoms with E-state index in [0.29, 0.717) is 5.56 Å². The zero-order valence-corrected chi connectivity index (χ0v) is 16.7. The molecule has 11 heteroatoms. The molecular formula is C15H9Cl5N2O4. The first-order chi connectivity index (χ1) is 12.1. The number of nitro benzene ring substituents is 1. The van der Waals surface area contributed by atoms with E-state index in [4.69, 9.17) is 62.7 Å². The number of benzene rings is 2. The number of halogens is 5. The maximum atomic E-state index is 12.1. The van der Waals surface area contributed by atoms with Crippen molar-refractivity contribution in [1.82, 2.24) is 0 Å². The van der Waals surface area contributed by atoms with Gasteiger partial charge in [0.2, 0.25) is 0 Å². The number of carbonyl (C=O) groups excluding carboxylic acids is 1. The highest BCUT2D eigenvalue weighted by molar-refractivity contribution is 6.55. The van der Waals surface area contributed by atoms with Gasteiger partial charge >= 0.3 is 0 Å². The Hall–Kier alpha value is -1.44. The smallest absolute Gasteiger partial charge is 0.293 e. The average molecular weight is 459 g/mol. The minimum Gasteiger partial charge on any atom is -0.481 e. The second-order valence-electron chi connectivity index (χ2n) is 5.01. The minimum atomic E-state index is -0.675. The number of rotatable bonds is 5. The molecule has 1 N–H and O–H groups in total. The maximum absolute atomic E-state index is 12.1. The molecule has 0 saturated heterocycles. The highest BCUT2D eigenvalue weighted by atomic mass is 35.5. The van der Waals surface area contributed by atoms with E-state index in [9.17, 15) is 14.9 Å². The van der Waals surface area contributed by atoms with Crippen molar-refractivity contribution in [2.75, 3.05) is 11.9 Å². The summed E-state index contributed by atoms with van der Waals surface area (Å²) in [5.41, 5.74) is 0.459. The summed E-state index contributed by atoms with van der Waals surface area (Å²) in [4.78, 5) is 22.5. The van der Waals surface area contributed by atoms with Gasteiger partial charge < -0.3 is 10.1 Å². The Morgan fingerprint density at radius 1 is 1.08 bits per heavy atom. The zero-order chi connectivity index (χ0) is 19.6. The first-order valence-electron chi connectivity index (χ1n) is 6.82. The Morgan fingerprint density at radius 3 is 2.15 bits per heavy atom. The Morgan fingerprint density at radius 2 is 1.62 bits per heavy atom. The monoisotopic (exact) mass is 456 g/mol. The zero-order valence-electron chi connectivity index (χ0n) is 12.9. The number of ether oxygens (including phenoxy) is 1. The van der Waals surface area contributed by atoms with Crippen LogP contribution in [0, 0.1) is 17.0 Å². The van der Waals surface area contributed by atoms with Crippen LogP contribution < -0.4 is 10.1 Å². The van der Waals surface area contributed by atoms with Gasteiger partial charge in [-0.3, -0.25) is 14.9 Å². The molecular weight excluding hydrogens is 449 g/mol. The summed E-state index contributed by atoms with van der Waals surface area (Å²) in [6.07, 6.45) is 0. The van der Waals surface area contributed by atoms with Crippen LogP contribution in [0.3, 0.4) is 0 Å². The standard InChI is InChI=1S/C15H9Cl5N2O4/c1-6-2-3-7(8(4-6)22(24)25)21-9(23)5-26-15-13(19)11(17)10(16)12(18)14(15)20/h2-4H,5H2,1H3,(H,21,23). The Labute approximate surface area is 173 Å². The quantitative estimate of drug-likeness (QED) is 0.251. The van der Waals surface area contributed by atoms with Crippen molar-refractivity contribution in [2.24, 2.45) is 0 Å². The van der Waals surface area contributed by atoms with Gasteiger partial charge in [0.05, 0.1) is 20.0 Å². The third-order valence-corrected chi connectivity index (χ3v) is 5.38. The predicted molar refractivity (Wildman–Crippen MR) is 103 cm³/mol. The van der Waals surface area contributed by atoms with E-state index >= 15 is 0 Å². The van der Waals surface area contributed by atoms with Crippen molar-refractivity contribution in [1.29, 1.82) is 0 Å². The summed E-state index contributed by atoms with van der Waals surface area (Å²) in [6.45, 7) is 1.15. The van der Waals surface area contributed by atoms with E-state index in [-0.39, 0.29) is 42.2 Å². The van der Waals surface area contributed by atoms with E-state index in [1.54, 1.807) is 13.0 Å². The van der Waals surface area contributed by atoms with Gasteiger partial charge in [-0.25, -0.2) is 0 Å². The SMILES string of the molecule is Cc1ccc(NC(=O)COc2c(Cl)c(Cl)c(Cl)c(Cl)c2Cl)c([N+](=O)[O-])c1. The van der Waals surface area contributed by atoms with E-state index in [0.717, 1.165) is 0 Å². The summed E-state index contributed by atoms with van der Waals surface area (Å²) in [7, 11) is 0. The van der Waals surface area contributed by atoms with Gasteiger partial charge in [-0.05, 0) is 18.6 Å². The first-order valence-corrected chi connectivity index (χ1v) is 8.71. The molecule has 138 valence electrons. The number of anilines is 1. The predicted octanol–water partition coefficient (Wildman–Crippen LogP) is 6.19. The number of hydrogen-bond acceptors (Lipinski definition) is 4. The summed E-state index contributed by atoms with van der Waals surface area (Å²) >= 11 is 29.7. The lowest BCUT2D eigenvalue weighted by atomic mass is 10.2. The summed E-state index contributed by atoms with van der Waals surface area (Å²) in [5, 5.41) is 13.0.